The van der Waals surface area contributed by atoms with E-state index in [4.69, 9.17) is 28.9 Å². The quantitative estimate of drug-likeness (QED) is 0.0202. The lowest BCUT2D eigenvalue weighted by molar-refractivity contribution is -0.0572. The number of carbonyl (C=O) groups is 1. The van der Waals surface area contributed by atoms with Gasteiger partial charge in [-0.05, 0) is 183 Å². The second-order valence-electron chi connectivity index (χ2n) is 24.8. The minimum absolute atomic E-state index is 0.0187. The summed E-state index contributed by atoms with van der Waals surface area (Å²) in [4.78, 5) is 29.8. The Morgan fingerprint density at radius 1 is 0.632 bits per heavy atom. The van der Waals surface area contributed by atoms with Crippen molar-refractivity contribution < 1.29 is 56.6 Å². The normalized spacial score (nSPS) is 18.6. The van der Waals surface area contributed by atoms with E-state index in [2.05, 4.69) is 36.0 Å². The highest BCUT2D eigenvalue weighted by atomic mass is 19.2. The molecule has 1 saturated carbocycles. The van der Waals surface area contributed by atoms with E-state index in [1.165, 1.54) is 36.4 Å². The Hall–Kier alpha value is -10.3. The molecule has 3 unspecified atom stereocenters. The second-order valence-corrected chi connectivity index (χ2v) is 24.8. The number of phenols is 3. The number of hydrogen-bond acceptors (Lipinski definition) is 13. The Labute approximate surface area is 544 Å². The summed E-state index contributed by atoms with van der Waals surface area (Å²) in [5, 5.41) is 49.5. The summed E-state index contributed by atoms with van der Waals surface area (Å²) in [5.41, 5.74) is 6.61. The van der Waals surface area contributed by atoms with E-state index in [1.54, 1.807) is 60.7 Å². The highest BCUT2D eigenvalue weighted by molar-refractivity contribution is 6.00. The number of aromatic nitrogens is 7. The number of aromatic hydroxyl groups is 3. The van der Waals surface area contributed by atoms with E-state index in [0.717, 1.165) is 54.8 Å². The van der Waals surface area contributed by atoms with E-state index < -0.39 is 40.6 Å². The first-order valence-corrected chi connectivity index (χ1v) is 32.2. The monoisotopic (exact) mass is 1290 g/mol. The number of aromatic amines is 3. The summed E-state index contributed by atoms with van der Waals surface area (Å²) in [6.45, 7) is 3.76. The molecule has 2 fully saturated rings. The zero-order valence-electron chi connectivity index (χ0n) is 51.9. The van der Waals surface area contributed by atoms with Crippen LogP contribution in [0.1, 0.15) is 110 Å². The van der Waals surface area contributed by atoms with E-state index in [0.29, 0.717) is 125 Å². The molecule has 5 aromatic carbocycles. The van der Waals surface area contributed by atoms with Crippen LogP contribution in [0.5, 0.6) is 23.0 Å². The molecule has 8 N–H and O–H groups in total. The molecular formula is C74H69F4N9O8. The fourth-order valence-electron chi connectivity index (χ4n) is 13.9. The van der Waals surface area contributed by atoms with Crippen LogP contribution in [0.15, 0.2) is 121 Å². The molecule has 1 saturated heterocycles. The molecule has 4 aromatic heterocycles. The molecule has 3 aliphatic heterocycles. The minimum atomic E-state index is -1.66. The van der Waals surface area contributed by atoms with Crippen LogP contribution < -0.4 is 15.4 Å². The molecule has 9 aromatic rings. The van der Waals surface area contributed by atoms with Crippen LogP contribution in [0.2, 0.25) is 0 Å². The predicted molar refractivity (Wildman–Crippen MR) is 355 cm³/mol. The molecule has 8 bridgehead atoms. The second kappa shape index (κ2) is 27.0. The van der Waals surface area contributed by atoms with E-state index in [9.17, 15) is 20.1 Å². The molecule has 1 amide bonds. The van der Waals surface area contributed by atoms with Gasteiger partial charge in [0.15, 0.2) is 29.6 Å². The number of carbonyl (C=O) groups excluding carboxylic acids is 1. The standard InChI is InChI=1S/C74H69F4N9O8/c1-40-38-93-73(95-40)41-17-19-49(20-18-41)92-33-9-13-45-37-51-50(21-22-61-71(45)86-87-85-61)52(51)39-94-74(91)80-32-5-3-2-4-31-79-72-69(77)67(75)66(68(76)70(72)78)65-59-29-27-57(83-59)63(43-11-7-15-47(89)35-43)55-25-23-53(81-55)62(42-10-6-14-46(88)34-42)54-24-26-56(82-54)64(58-28-30-60(65)84-58)44-12-8-16-48(90)36-44/h6-8,10-12,14-20,23-30,34-36,40,45,50-52,73,79,81,84,88-90H,2-5,9,13,21-22,31-33,37-39H2,1H3,(H,80,91)(H,85,86,87)/t40?,45?,50-,51+,52-,73?/m1/s1. The number of nitrogens with one attached hydrogen (secondary N) is 5. The predicted octanol–water partition coefficient (Wildman–Crippen LogP) is 16.1. The van der Waals surface area contributed by atoms with Gasteiger partial charge in [-0.2, -0.15) is 0 Å². The number of nitrogens with zero attached hydrogens (tertiary/aromatic N) is 4. The van der Waals surface area contributed by atoms with Crippen LogP contribution in [-0.2, 0) is 20.6 Å². The summed E-state index contributed by atoms with van der Waals surface area (Å²) < 4.78 is 90.9. The third kappa shape index (κ3) is 13.1. The maximum Gasteiger partial charge on any atom is 0.407 e. The number of alkyl carbamates (subject to hydrolysis) is 1. The fraction of sp³-hybridized carbons (Fsp3) is 0.284. The minimum Gasteiger partial charge on any atom is -0.508 e. The number of amides is 1. The van der Waals surface area contributed by atoms with Crippen molar-refractivity contribution >= 4 is 58.2 Å². The number of phenolic OH excluding ortho intramolecular Hbond substituents is 3. The van der Waals surface area contributed by atoms with Crippen molar-refractivity contribution in [2.75, 3.05) is 38.2 Å². The number of rotatable bonds is 20. The van der Waals surface area contributed by atoms with Gasteiger partial charge in [0.25, 0.3) is 0 Å². The Bertz CT molecular complexity index is 4550. The summed E-state index contributed by atoms with van der Waals surface area (Å²) in [6, 6.07) is 34.3. The molecule has 6 atom stereocenters. The summed E-state index contributed by atoms with van der Waals surface area (Å²) in [7, 11) is 0. The van der Waals surface area contributed by atoms with Crippen LogP contribution in [0.25, 0.3) is 90.9 Å². The SMILES string of the molecule is CC1COC(c2ccc(OCCCC3C[C@H]4[C@@H](CCc5nn[nH]c53)[C@H]4COC(=O)NCCCCCCNc3c(F)c(F)c(-c4c5nc(c(-c6cccc(O)c6)c6ccc([nH]6)c(-c6cccc(O)c6)c6nc(c(-c7cccc(O)c7)c7ccc4[nH]7)C=C6)C=C5)c(F)c3F)cc2)O1. The molecule has 14 rings (SSSR count). The molecule has 0 spiro atoms. The van der Waals surface area contributed by atoms with E-state index in [1.807, 2.05) is 55.5 Å². The molecule has 17 nitrogen and oxygen atoms in total. The van der Waals surface area contributed by atoms with Crippen molar-refractivity contribution in [2.24, 2.45) is 17.8 Å². The zero-order chi connectivity index (χ0) is 65.3. The molecule has 21 heteroatoms. The number of unbranched alkanes of at least 4 members (excludes halogenated alkanes) is 3. The van der Waals surface area contributed by atoms with E-state index in [-0.39, 0.29) is 70.5 Å². The van der Waals surface area contributed by atoms with Crippen molar-refractivity contribution in [3.63, 3.8) is 0 Å². The van der Waals surface area contributed by atoms with Crippen molar-refractivity contribution in [3.8, 4) is 67.5 Å². The number of aryl methyl sites for hydroxylation is 1. The van der Waals surface area contributed by atoms with Gasteiger partial charge in [-0.15, -0.1) is 5.10 Å². The Balaban J connectivity index is 0.646. The lowest BCUT2D eigenvalue weighted by atomic mass is 9.88. The van der Waals surface area contributed by atoms with Crippen molar-refractivity contribution in [1.29, 1.82) is 0 Å². The topological polar surface area (TPSA) is 238 Å². The average molecular weight is 1290 g/mol. The number of halogens is 4. The number of benzene rings is 5. The third-order valence-electron chi connectivity index (χ3n) is 18.5. The van der Waals surface area contributed by atoms with Crippen molar-refractivity contribution in [1.82, 2.24) is 40.7 Å². The maximum atomic E-state index is 17.1. The fourth-order valence-corrected chi connectivity index (χ4v) is 13.9. The Morgan fingerprint density at radius 2 is 1.18 bits per heavy atom. The first-order valence-electron chi connectivity index (χ1n) is 32.2. The smallest absolute Gasteiger partial charge is 0.407 e. The number of ether oxygens (including phenoxy) is 4. The van der Waals surface area contributed by atoms with Crippen LogP contribution in [0.4, 0.5) is 28.0 Å². The van der Waals surface area contributed by atoms with Gasteiger partial charge >= 0.3 is 6.09 Å². The van der Waals surface area contributed by atoms with Crippen LogP contribution in [0, 0.1) is 41.0 Å². The third-order valence-corrected chi connectivity index (χ3v) is 18.5. The van der Waals surface area contributed by atoms with Crippen molar-refractivity contribution in [2.45, 2.75) is 83.0 Å². The molecule has 0 radical (unpaired) electrons. The number of fused-ring (bicyclic) bond motifs is 10. The van der Waals surface area contributed by atoms with Gasteiger partial charge < -0.3 is 54.9 Å². The van der Waals surface area contributed by atoms with Gasteiger partial charge in [0.2, 0.25) is 0 Å². The number of hydrogen-bond donors (Lipinski definition) is 8. The molecule has 7 heterocycles. The molecule has 486 valence electrons. The zero-order valence-corrected chi connectivity index (χ0v) is 51.9. The van der Waals surface area contributed by atoms with Gasteiger partial charge in [0.1, 0.15) is 28.7 Å². The van der Waals surface area contributed by atoms with Gasteiger partial charge in [-0.25, -0.2) is 32.3 Å². The number of H-pyrrole nitrogens is 3. The number of anilines is 1. The lowest BCUT2D eigenvalue weighted by Gasteiger charge is -2.19. The first-order chi connectivity index (χ1) is 46.3. The van der Waals surface area contributed by atoms with Crippen molar-refractivity contribution in [3.05, 3.63) is 184 Å². The highest BCUT2D eigenvalue weighted by Crippen LogP contribution is 2.56. The highest BCUT2D eigenvalue weighted by Gasteiger charge is 2.52. The first kappa shape index (κ1) is 62.2. The Morgan fingerprint density at radius 3 is 1.73 bits per heavy atom. The lowest BCUT2D eigenvalue weighted by Crippen LogP contribution is -2.26. The van der Waals surface area contributed by atoms with Gasteiger partial charge in [-0.3, -0.25) is 5.10 Å². The molecular weight excluding hydrogens is 1220 g/mol. The summed E-state index contributed by atoms with van der Waals surface area (Å²) in [5.74, 6) is -4.57. The van der Waals surface area contributed by atoms with Crippen LogP contribution in [0.3, 0.4) is 0 Å². The molecule has 95 heavy (non-hydrogen) atoms. The van der Waals surface area contributed by atoms with E-state index >= 15 is 17.6 Å². The van der Waals surface area contributed by atoms with Gasteiger partial charge in [-0.1, -0.05) is 66.6 Å². The summed E-state index contributed by atoms with van der Waals surface area (Å²) in [6.07, 6.45) is 12.5. The Kier molecular flexibility index (Phi) is 17.7. The average Bonchev–Trinajstić information content (AvgIpc) is 1.71. The maximum absolute atomic E-state index is 17.1. The van der Waals surface area contributed by atoms with Crippen LogP contribution >= 0.6 is 0 Å². The largest absolute Gasteiger partial charge is 0.508 e. The molecule has 2 aliphatic carbocycles. The molecule has 5 aliphatic rings. The van der Waals surface area contributed by atoms with Gasteiger partial charge in [0.05, 0.1) is 65.7 Å². The summed E-state index contributed by atoms with van der Waals surface area (Å²) >= 11 is 0. The van der Waals surface area contributed by atoms with Crippen LogP contribution in [-0.4, -0.2) is 95.8 Å². The van der Waals surface area contributed by atoms with Gasteiger partial charge in [0, 0.05) is 68.9 Å².